The quantitative estimate of drug-likeness (QED) is 0.367. The maximum Gasteiger partial charge on any atom is 0.254 e. The first-order chi connectivity index (χ1) is 17.5. The molecule has 1 aliphatic heterocycles. The third-order valence-corrected chi connectivity index (χ3v) is 7.74. The van der Waals surface area contributed by atoms with E-state index in [9.17, 15) is 9.59 Å². The molecule has 0 aliphatic carbocycles. The number of carbonyl (C=O) groups is 2. The Morgan fingerprint density at radius 2 is 1.81 bits per heavy atom. The molecular formula is C29H34N2O4S. The Kier molecular flexibility index (Phi) is 8.65. The van der Waals surface area contributed by atoms with Gasteiger partial charge in [-0.3, -0.25) is 9.59 Å². The van der Waals surface area contributed by atoms with Crippen molar-refractivity contribution in [3.05, 3.63) is 82.0 Å². The molecule has 0 N–H and O–H groups in total. The number of rotatable bonds is 10. The minimum absolute atomic E-state index is 0.0443. The molecular weight excluding hydrogens is 472 g/mol. The van der Waals surface area contributed by atoms with Crippen LogP contribution in [-0.2, 0) is 11.2 Å². The minimum Gasteiger partial charge on any atom is -0.493 e. The Balaban J connectivity index is 1.55. The Labute approximate surface area is 217 Å². The van der Waals surface area contributed by atoms with Crippen LogP contribution < -0.4 is 9.47 Å². The van der Waals surface area contributed by atoms with Crippen molar-refractivity contribution in [3.8, 4) is 11.5 Å². The summed E-state index contributed by atoms with van der Waals surface area (Å²) in [7, 11) is 1.62. The smallest absolute Gasteiger partial charge is 0.254 e. The molecule has 6 nitrogen and oxygen atoms in total. The Hall–Kier alpha value is -3.32. The minimum atomic E-state index is -0.227. The van der Waals surface area contributed by atoms with Crippen LogP contribution >= 0.6 is 11.3 Å². The average molecular weight is 507 g/mol. The summed E-state index contributed by atoms with van der Waals surface area (Å²) in [5.74, 6) is 1.42. The molecule has 36 heavy (non-hydrogen) atoms. The summed E-state index contributed by atoms with van der Waals surface area (Å²) in [6, 6.07) is 18.6. The molecule has 0 unspecified atom stereocenters. The molecule has 0 saturated heterocycles. The number of carbonyl (C=O) groups excluding carboxylic acids is 2. The second kappa shape index (κ2) is 12.1. The normalized spacial score (nSPS) is 15.6. The zero-order valence-corrected chi connectivity index (χ0v) is 22.0. The molecule has 2 atom stereocenters. The average Bonchev–Trinajstić information content (AvgIpc) is 3.40. The van der Waals surface area contributed by atoms with Crippen molar-refractivity contribution in [1.82, 2.24) is 9.80 Å². The van der Waals surface area contributed by atoms with E-state index < -0.39 is 0 Å². The van der Waals surface area contributed by atoms with Gasteiger partial charge < -0.3 is 19.3 Å². The largest absolute Gasteiger partial charge is 0.493 e. The maximum atomic E-state index is 13.7. The fraction of sp³-hybridized carbons (Fsp3) is 0.379. The van der Waals surface area contributed by atoms with E-state index in [0.717, 1.165) is 18.4 Å². The van der Waals surface area contributed by atoms with Crippen LogP contribution in [0.15, 0.2) is 66.0 Å². The van der Waals surface area contributed by atoms with Crippen molar-refractivity contribution in [2.45, 2.75) is 32.7 Å². The molecule has 2 amide bonds. The second-order valence-corrected chi connectivity index (χ2v) is 10.2. The van der Waals surface area contributed by atoms with E-state index in [-0.39, 0.29) is 24.4 Å². The molecule has 0 fully saturated rings. The molecule has 1 aromatic heterocycles. The summed E-state index contributed by atoms with van der Waals surface area (Å²) in [4.78, 5) is 32.0. The predicted octanol–water partition coefficient (Wildman–Crippen LogP) is 5.45. The van der Waals surface area contributed by atoms with Crippen LogP contribution in [0.1, 0.15) is 47.1 Å². The zero-order chi connectivity index (χ0) is 25.5. The number of hydrogen-bond acceptors (Lipinski definition) is 5. The number of thiophene rings is 1. The summed E-state index contributed by atoms with van der Waals surface area (Å²) < 4.78 is 11.6. The lowest BCUT2D eigenvalue weighted by Gasteiger charge is -2.37. The van der Waals surface area contributed by atoms with E-state index >= 15 is 0 Å². The van der Waals surface area contributed by atoms with E-state index in [1.807, 2.05) is 47.4 Å². The SMILES string of the molecule is CC[C@H](C)CN(CC(=O)N1CCc2sccc2[C@H]1COc1ccccc1OC)C(=O)c1ccccc1. The lowest BCUT2D eigenvalue weighted by atomic mass is 10.00. The van der Waals surface area contributed by atoms with Gasteiger partial charge in [0.25, 0.3) is 5.91 Å². The number of hydrogen-bond donors (Lipinski definition) is 0. The van der Waals surface area contributed by atoms with Crippen molar-refractivity contribution in [1.29, 1.82) is 0 Å². The molecule has 0 bridgehead atoms. The van der Waals surface area contributed by atoms with E-state index in [1.54, 1.807) is 35.5 Å². The molecule has 0 radical (unpaired) electrons. The van der Waals surface area contributed by atoms with E-state index in [2.05, 4.69) is 25.3 Å². The van der Waals surface area contributed by atoms with Gasteiger partial charge in [0.15, 0.2) is 11.5 Å². The predicted molar refractivity (Wildman–Crippen MR) is 143 cm³/mol. The van der Waals surface area contributed by atoms with E-state index in [4.69, 9.17) is 9.47 Å². The Morgan fingerprint density at radius 1 is 1.08 bits per heavy atom. The molecule has 0 saturated carbocycles. The van der Waals surface area contributed by atoms with Gasteiger partial charge in [-0.1, -0.05) is 50.6 Å². The van der Waals surface area contributed by atoms with Gasteiger partial charge in [0.2, 0.25) is 5.91 Å². The fourth-order valence-corrected chi connectivity index (χ4v) is 5.45. The number of nitrogens with zero attached hydrogens (tertiary/aromatic N) is 2. The third kappa shape index (κ3) is 5.90. The van der Waals surface area contributed by atoms with Crippen LogP contribution in [0.25, 0.3) is 0 Å². The van der Waals surface area contributed by atoms with E-state index in [1.165, 1.54) is 4.88 Å². The van der Waals surface area contributed by atoms with Gasteiger partial charge in [-0.2, -0.15) is 0 Å². The zero-order valence-electron chi connectivity index (χ0n) is 21.2. The van der Waals surface area contributed by atoms with Crippen molar-refractivity contribution in [3.63, 3.8) is 0 Å². The number of fused-ring (bicyclic) bond motifs is 1. The van der Waals surface area contributed by atoms with Crippen molar-refractivity contribution in [2.24, 2.45) is 5.92 Å². The van der Waals surface area contributed by atoms with Crippen LogP contribution in [-0.4, -0.2) is 55.0 Å². The molecule has 190 valence electrons. The number of ether oxygens (including phenoxy) is 2. The highest BCUT2D eigenvalue weighted by atomic mass is 32.1. The van der Waals surface area contributed by atoms with Gasteiger partial charge in [0, 0.05) is 23.5 Å². The van der Waals surface area contributed by atoms with Gasteiger partial charge in [-0.05, 0) is 53.6 Å². The standard InChI is InChI=1S/C29H34N2O4S/c1-4-21(2)18-30(29(33)22-10-6-5-7-11-22)19-28(32)31-16-14-27-23(15-17-36-27)24(31)20-35-26-13-9-8-12-25(26)34-3/h5-13,15,17,21,24H,4,14,16,18-20H2,1-3H3/t21-,24+/m0/s1. The monoisotopic (exact) mass is 506 g/mol. The highest BCUT2D eigenvalue weighted by molar-refractivity contribution is 7.10. The molecule has 2 heterocycles. The lowest BCUT2D eigenvalue weighted by molar-refractivity contribution is -0.135. The first kappa shape index (κ1) is 25.8. The van der Waals surface area contributed by atoms with Gasteiger partial charge in [0.1, 0.15) is 13.2 Å². The van der Waals surface area contributed by atoms with Crippen LogP contribution in [0.3, 0.4) is 0 Å². The second-order valence-electron chi connectivity index (χ2n) is 9.18. The van der Waals surface area contributed by atoms with E-state index in [0.29, 0.717) is 42.7 Å². The molecule has 0 spiro atoms. The molecule has 7 heteroatoms. The number of benzene rings is 2. The van der Waals surface area contributed by atoms with Gasteiger partial charge in [-0.25, -0.2) is 0 Å². The van der Waals surface area contributed by atoms with Gasteiger partial charge in [0.05, 0.1) is 13.2 Å². The maximum absolute atomic E-state index is 13.7. The van der Waals surface area contributed by atoms with Crippen molar-refractivity contribution < 1.29 is 19.1 Å². The number of methoxy groups -OCH3 is 1. The Morgan fingerprint density at radius 3 is 2.53 bits per heavy atom. The number of amides is 2. The molecule has 4 rings (SSSR count). The summed E-state index contributed by atoms with van der Waals surface area (Å²) in [5, 5.41) is 2.07. The first-order valence-electron chi connectivity index (χ1n) is 12.5. The van der Waals surface area contributed by atoms with Gasteiger partial charge >= 0.3 is 0 Å². The molecule has 2 aromatic carbocycles. The number of para-hydroxylation sites is 2. The van der Waals surface area contributed by atoms with Crippen LogP contribution in [0.5, 0.6) is 11.5 Å². The van der Waals surface area contributed by atoms with Crippen molar-refractivity contribution >= 4 is 23.2 Å². The summed E-state index contributed by atoms with van der Waals surface area (Å²) in [5.41, 5.74) is 1.72. The molecule has 3 aromatic rings. The van der Waals surface area contributed by atoms with Crippen LogP contribution in [0.2, 0.25) is 0 Å². The molecule has 1 aliphatic rings. The summed E-state index contributed by atoms with van der Waals surface area (Å²) in [6.07, 6.45) is 1.74. The van der Waals surface area contributed by atoms with Crippen molar-refractivity contribution in [2.75, 3.05) is 33.4 Å². The summed E-state index contributed by atoms with van der Waals surface area (Å²) >= 11 is 1.72. The van der Waals surface area contributed by atoms with Gasteiger partial charge in [-0.15, -0.1) is 11.3 Å². The van der Waals surface area contributed by atoms with Crippen LogP contribution in [0, 0.1) is 5.92 Å². The first-order valence-corrected chi connectivity index (χ1v) is 13.4. The summed E-state index contributed by atoms with van der Waals surface area (Å²) in [6.45, 7) is 5.71. The fourth-order valence-electron chi connectivity index (χ4n) is 4.52. The highest BCUT2D eigenvalue weighted by Crippen LogP contribution is 2.35. The topological polar surface area (TPSA) is 59.1 Å². The lowest BCUT2D eigenvalue weighted by Crippen LogP contribution is -2.48. The van der Waals surface area contributed by atoms with Crippen LogP contribution in [0.4, 0.5) is 0 Å². The highest BCUT2D eigenvalue weighted by Gasteiger charge is 2.34. The Bertz CT molecular complexity index is 1160. The third-order valence-electron chi connectivity index (χ3n) is 6.74.